The molecule has 0 fully saturated rings. The van der Waals surface area contributed by atoms with Gasteiger partial charge in [0.2, 0.25) is 0 Å². The van der Waals surface area contributed by atoms with E-state index in [1.165, 1.54) is 17.2 Å². The molecule has 0 radical (unpaired) electrons. The van der Waals surface area contributed by atoms with Gasteiger partial charge in [-0.3, -0.25) is 0 Å². The molecular weight excluding hydrogens is 165 g/mol. The first-order valence-electron chi connectivity index (χ1n) is 4.35. The topological polar surface area (TPSA) is 12.0 Å². The van der Waals surface area contributed by atoms with Gasteiger partial charge in [-0.15, -0.1) is 0 Å². The molecule has 1 N–H and O–H groups in total. The highest BCUT2D eigenvalue weighted by Gasteiger charge is 1.93. The van der Waals surface area contributed by atoms with Crippen LogP contribution in [0.25, 0.3) is 0 Å². The fourth-order valence-corrected chi connectivity index (χ4v) is 1.14. The lowest BCUT2D eigenvalue weighted by molar-refractivity contribution is 0.698. The number of hydrogen-bond acceptors (Lipinski definition) is 1. The summed E-state index contributed by atoms with van der Waals surface area (Å²) in [5.41, 5.74) is 2.52. The maximum atomic E-state index is 11.6. The van der Waals surface area contributed by atoms with E-state index in [2.05, 4.69) is 24.4 Å². The Kier molecular flexibility index (Phi) is 4.19. The second-order valence-electron chi connectivity index (χ2n) is 2.92. The molecule has 1 rings (SSSR count). The maximum Gasteiger partial charge on any atom is 0.0839 e. The molecule has 0 heterocycles. The lowest BCUT2D eigenvalue weighted by atomic mass is 10.1. The van der Waals surface area contributed by atoms with E-state index in [4.69, 9.17) is 0 Å². The maximum absolute atomic E-state index is 11.6. The molecule has 0 amide bonds. The third kappa shape index (κ3) is 3.38. The Hall–Kier alpha value is -1.15. The predicted molar refractivity (Wildman–Crippen MR) is 53.1 cm³/mol. The lowest BCUT2D eigenvalue weighted by Crippen LogP contribution is -2.13. The van der Waals surface area contributed by atoms with Crippen molar-refractivity contribution in [3.63, 3.8) is 0 Å². The van der Waals surface area contributed by atoms with E-state index in [-0.39, 0.29) is 0 Å². The van der Waals surface area contributed by atoms with Crippen LogP contribution >= 0.6 is 0 Å². The summed E-state index contributed by atoms with van der Waals surface area (Å²) in [5.74, 6) is 0. The van der Waals surface area contributed by atoms with E-state index in [1.54, 1.807) is 0 Å². The first-order valence-corrected chi connectivity index (χ1v) is 4.35. The summed E-state index contributed by atoms with van der Waals surface area (Å²) in [7, 11) is 0. The highest BCUT2D eigenvalue weighted by atomic mass is 19.1. The first-order chi connectivity index (χ1) is 6.34. The average molecular weight is 179 g/mol. The van der Waals surface area contributed by atoms with Gasteiger partial charge in [-0.05, 0) is 24.1 Å². The number of nitrogens with one attached hydrogen (secondary N) is 1. The summed E-state index contributed by atoms with van der Waals surface area (Å²) in [5, 5.41) is 3.12. The van der Waals surface area contributed by atoms with E-state index < -0.39 is 0 Å². The van der Waals surface area contributed by atoms with Gasteiger partial charge in [0, 0.05) is 13.1 Å². The van der Waals surface area contributed by atoms with E-state index >= 15 is 0 Å². The van der Waals surface area contributed by atoms with Crippen LogP contribution < -0.4 is 5.32 Å². The second-order valence-corrected chi connectivity index (χ2v) is 2.92. The standard InChI is InChI=1S/C11H14FN/c1-10-5-2-3-6-11(10)9-13-8-4-7-12/h2-7,13H,8-9H2,1H3/b7-4+. The highest BCUT2D eigenvalue weighted by Crippen LogP contribution is 2.05. The van der Waals surface area contributed by atoms with Crippen LogP contribution in [-0.2, 0) is 6.54 Å². The Labute approximate surface area is 78.3 Å². The average Bonchev–Trinajstić information content (AvgIpc) is 2.15. The quantitative estimate of drug-likeness (QED) is 0.700. The largest absolute Gasteiger partial charge is 0.309 e. The van der Waals surface area contributed by atoms with Crippen molar-refractivity contribution in [3.8, 4) is 0 Å². The Balaban J connectivity index is 2.41. The first kappa shape index (κ1) is 9.93. The minimum atomic E-state index is 0.560. The molecule has 0 spiro atoms. The smallest absolute Gasteiger partial charge is 0.0839 e. The minimum absolute atomic E-state index is 0.560. The van der Waals surface area contributed by atoms with Gasteiger partial charge in [0.1, 0.15) is 0 Å². The van der Waals surface area contributed by atoms with Crippen LogP contribution in [0.15, 0.2) is 36.7 Å². The monoisotopic (exact) mass is 179 g/mol. The highest BCUT2D eigenvalue weighted by molar-refractivity contribution is 5.25. The Morgan fingerprint density at radius 2 is 2.15 bits per heavy atom. The molecule has 0 saturated heterocycles. The third-order valence-electron chi connectivity index (χ3n) is 1.93. The lowest BCUT2D eigenvalue weighted by Gasteiger charge is -2.04. The number of halogens is 1. The van der Waals surface area contributed by atoms with Crippen LogP contribution in [0.3, 0.4) is 0 Å². The van der Waals surface area contributed by atoms with Crippen molar-refractivity contribution in [2.24, 2.45) is 0 Å². The van der Waals surface area contributed by atoms with Crippen molar-refractivity contribution in [1.29, 1.82) is 0 Å². The molecule has 13 heavy (non-hydrogen) atoms. The van der Waals surface area contributed by atoms with Crippen LogP contribution in [0.2, 0.25) is 0 Å². The number of hydrogen-bond donors (Lipinski definition) is 1. The molecule has 0 atom stereocenters. The van der Waals surface area contributed by atoms with Crippen molar-refractivity contribution >= 4 is 0 Å². The molecule has 0 aliphatic carbocycles. The molecule has 0 saturated carbocycles. The number of benzene rings is 1. The summed E-state index contributed by atoms with van der Waals surface area (Å²) >= 11 is 0. The van der Waals surface area contributed by atoms with Gasteiger partial charge in [0.25, 0.3) is 0 Å². The predicted octanol–water partition coefficient (Wildman–Crippen LogP) is 2.57. The summed E-state index contributed by atoms with van der Waals surface area (Å²) in [6.07, 6.45) is 2.02. The zero-order valence-corrected chi connectivity index (χ0v) is 7.76. The normalized spacial score (nSPS) is 10.9. The second kappa shape index (κ2) is 5.49. The van der Waals surface area contributed by atoms with Gasteiger partial charge in [0.15, 0.2) is 0 Å². The summed E-state index contributed by atoms with van der Waals surface area (Å²) in [6, 6.07) is 8.17. The van der Waals surface area contributed by atoms with Crippen molar-refractivity contribution < 1.29 is 4.39 Å². The molecular formula is C11H14FN. The molecule has 0 aliphatic rings. The molecule has 70 valence electrons. The van der Waals surface area contributed by atoms with Crippen LogP contribution in [0.5, 0.6) is 0 Å². The van der Waals surface area contributed by atoms with Crippen molar-refractivity contribution in [2.45, 2.75) is 13.5 Å². The molecule has 0 aromatic heterocycles. The Morgan fingerprint density at radius 3 is 2.85 bits per heavy atom. The number of aryl methyl sites for hydroxylation is 1. The molecule has 1 nitrogen and oxygen atoms in total. The van der Waals surface area contributed by atoms with Gasteiger partial charge in [-0.1, -0.05) is 24.3 Å². The molecule has 0 unspecified atom stereocenters. The summed E-state index contributed by atoms with van der Waals surface area (Å²) in [4.78, 5) is 0. The van der Waals surface area contributed by atoms with Crippen molar-refractivity contribution in [1.82, 2.24) is 5.32 Å². The van der Waals surface area contributed by atoms with Crippen LogP contribution in [0, 0.1) is 6.92 Å². The van der Waals surface area contributed by atoms with Crippen LogP contribution in [-0.4, -0.2) is 6.54 Å². The summed E-state index contributed by atoms with van der Waals surface area (Å²) < 4.78 is 11.6. The van der Waals surface area contributed by atoms with Gasteiger partial charge in [-0.25, -0.2) is 4.39 Å². The SMILES string of the molecule is Cc1ccccc1CNC/C=C/F. The minimum Gasteiger partial charge on any atom is -0.309 e. The zero-order chi connectivity index (χ0) is 9.52. The van der Waals surface area contributed by atoms with Gasteiger partial charge in [-0.2, -0.15) is 0 Å². The van der Waals surface area contributed by atoms with E-state index in [1.807, 2.05) is 12.1 Å². The van der Waals surface area contributed by atoms with E-state index in [0.29, 0.717) is 12.9 Å². The van der Waals surface area contributed by atoms with Crippen molar-refractivity contribution in [3.05, 3.63) is 47.8 Å². The molecule has 0 bridgehead atoms. The van der Waals surface area contributed by atoms with E-state index in [9.17, 15) is 4.39 Å². The van der Waals surface area contributed by atoms with Crippen molar-refractivity contribution in [2.75, 3.05) is 6.54 Å². The Bertz CT molecular complexity index is 281. The summed E-state index contributed by atoms with van der Waals surface area (Å²) in [6.45, 7) is 3.43. The third-order valence-corrected chi connectivity index (χ3v) is 1.93. The van der Waals surface area contributed by atoms with Crippen LogP contribution in [0.1, 0.15) is 11.1 Å². The fourth-order valence-electron chi connectivity index (χ4n) is 1.14. The van der Waals surface area contributed by atoms with Crippen LogP contribution in [0.4, 0.5) is 4.39 Å². The Morgan fingerprint density at radius 1 is 1.38 bits per heavy atom. The molecule has 2 heteroatoms. The van der Waals surface area contributed by atoms with Gasteiger partial charge < -0.3 is 5.32 Å². The molecule has 1 aromatic carbocycles. The number of rotatable bonds is 4. The molecule has 0 aliphatic heterocycles. The fraction of sp³-hybridized carbons (Fsp3) is 0.273. The van der Waals surface area contributed by atoms with Gasteiger partial charge >= 0.3 is 0 Å². The molecule has 1 aromatic rings. The van der Waals surface area contributed by atoms with Gasteiger partial charge in [0.05, 0.1) is 6.33 Å². The van der Waals surface area contributed by atoms with E-state index in [0.717, 1.165) is 6.54 Å². The zero-order valence-electron chi connectivity index (χ0n) is 7.76.